The maximum atomic E-state index is 12.8. The number of hydrogen-bond donors (Lipinski definition) is 3. The smallest absolute Gasteiger partial charge is 0.323 e. The molecule has 41 heavy (non-hydrogen) atoms. The highest BCUT2D eigenvalue weighted by Crippen LogP contribution is 2.28. The number of nitrogens with zero attached hydrogens (tertiary/aromatic N) is 3. The number of esters is 1. The number of ether oxygens (including phenoxy) is 1. The van der Waals surface area contributed by atoms with E-state index >= 15 is 0 Å². The monoisotopic (exact) mass is 596 g/mol. The van der Waals surface area contributed by atoms with Crippen molar-refractivity contribution in [3.8, 4) is 11.3 Å². The van der Waals surface area contributed by atoms with Gasteiger partial charge in [0, 0.05) is 40.3 Å². The number of carbonyl (C=O) groups excluding carboxylic acids is 1. The van der Waals surface area contributed by atoms with Gasteiger partial charge in [0.2, 0.25) is 0 Å². The number of piperidine rings is 1. The van der Waals surface area contributed by atoms with Crippen molar-refractivity contribution < 1.29 is 9.53 Å². The number of nitrogens with two attached hydrogens (primary N) is 1. The molecule has 0 bridgehead atoms. The Balaban J connectivity index is 1.20. The average Bonchev–Trinajstić information content (AvgIpc) is 3.50. The summed E-state index contributed by atoms with van der Waals surface area (Å²) < 4.78 is 5.79. The highest BCUT2D eigenvalue weighted by Gasteiger charge is 2.32. The molecule has 4 N–H and O–H groups in total. The van der Waals surface area contributed by atoms with E-state index < -0.39 is 0 Å². The Kier molecular flexibility index (Phi) is 9.98. The van der Waals surface area contributed by atoms with E-state index in [-0.39, 0.29) is 18.1 Å². The first kappa shape index (κ1) is 29.6. The molecule has 1 aromatic heterocycles. The molecule has 2 aromatic carbocycles. The first-order valence-electron chi connectivity index (χ1n) is 14.5. The van der Waals surface area contributed by atoms with Gasteiger partial charge in [-0.1, -0.05) is 60.5 Å². The Hall–Kier alpha value is -2.91. The van der Waals surface area contributed by atoms with Crippen LogP contribution in [-0.4, -0.2) is 52.1 Å². The molecular formula is C31H38Cl2N6O2. The lowest BCUT2D eigenvalue weighted by Crippen LogP contribution is -2.51. The van der Waals surface area contributed by atoms with Gasteiger partial charge in [-0.2, -0.15) is 0 Å². The number of hydrogen-bond acceptors (Lipinski definition) is 8. The van der Waals surface area contributed by atoms with Crippen molar-refractivity contribution in [2.45, 2.75) is 76.7 Å². The summed E-state index contributed by atoms with van der Waals surface area (Å²) in [6, 6.07) is 13.9. The summed E-state index contributed by atoms with van der Waals surface area (Å²) in [5.41, 5.74) is 9.74. The van der Waals surface area contributed by atoms with Crippen molar-refractivity contribution in [3.05, 3.63) is 69.8 Å². The van der Waals surface area contributed by atoms with Gasteiger partial charge in [-0.05, 0) is 69.3 Å². The molecule has 8 nitrogen and oxygen atoms in total. The minimum Gasteiger partial charge on any atom is -0.461 e. The quantitative estimate of drug-likeness (QED) is 0.242. The molecular weight excluding hydrogens is 559 g/mol. The molecule has 2 heterocycles. The number of anilines is 2. The molecule has 1 aliphatic heterocycles. The number of halogens is 2. The molecule has 1 saturated heterocycles. The summed E-state index contributed by atoms with van der Waals surface area (Å²) in [6.45, 7) is 5.09. The summed E-state index contributed by atoms with van der Waals surface area (Å²) >= 11 is 12.6. The van der Waals surface area contributed by atoms with E-state index in [0.29, 0.717) is 40.0 Å². The summed E-state index contributed by atoms with van der Waals surface area (Å²) in [6.07, 6.45) is 7.86. The van der Waals surface area contributed by atoms with Gasteiger partial charge >= 0.3 is 5.97 Å². The van der Waals surface area contributed by atoms with Gasteiger partial charge in [0.1, 0.15) is 12.1 Å². The van der Waals surface area contributed by atoms with Crippen molar-refractivity contribution in [1.82, 2.24) is 20.2 Å². The van der Waals surface area contributed by atoms with Crippen LogP contribution in [0.2, 0.25) is 10.0 Å². The summed E-state index contributed by atoms with van der Waals surface area (Å²) in [5, 5.41) is 7.76. The van der Waals surface area contributed by atoms with E-state index in [2.05, 4.69) is 51.7 Å². The Morgan fingerprint density at radius 1 is 1.12 bits per heavy atom. The molecule has 1 aliphatic carbocycles. The highest BCUT2D eigenvalue weighted by molar-refractivity contribution is 6.36. The largest absolute Gasteiger partial charge is 0.461 e. The number of benzene rings is 2. The molecule has 0 spiro atoms. The van der Waals surface area contributed by atoms with Crippen LogP contribution in [0.4, 0.5) is 11.6 Å². The Morgan fingerprint density at radius 3 is 2.56 bits per heavy atom. The number of carbonyl (C=O) groups is 1. The molecule has 3 aromatic rings. The lowest BCUT2D eigenvalue weighted by atomic mass is 9.97. The first-order valence-corrected chi connectivity index (χ1v) is 15.2. The van der Waals surface area contributed by atoms with Gasteiger partial charge in [0.15, 0.2) is 11.6 Å². The number of nitrogen functional groups attached to an aromatic ring is 1. The zero-order valence-corrected chi connectivity index (χ0v) is 24.9. The fourth-order valence-electron chi connectivity index (χ4n) is 5.72. The van der Waals surface area contributed by atoms with Crippen LogP contribution in [0.5, 0.6) is 0 Å². The Morgan fingerprint density at radius 2 is 1.85 bits per heavy atom. The zero-order chi connectivity index (χ0) is 28.8. The summed E-state index contributed by atoms with van der Waals surface area (Å²) in [5.74, 6) is 0.696. The van der Waals surface area contributed by atoms with E-state index in [4.69, 9.17) is 38.7 Å². The van der Waals surface area contributed by atoms with E-state index in [1.165, 1.54) is 5.56 Å². The maximum Gasteiger partial charge on any atom is 0.323 e. The first-order chi connectivity index (χ1) is 19.9. The molecule has 10 heteroatoms. The SMILES string of the molecule is CCN(Cc1ccc(-c2cnc(N)c(NCc3c(Cl)cccc3Cl)n2)cc1)C1CCN[C@@H](C(=O)OC2CCCC2)C1. The van der Waals surface area contributed by atoms with E-state index in [1.54, 1.807) is 18.3 Å². The fraction of sp³-hybridized carbons (Fsp3) is 0.452. The standard InChI is InChI=1S/C31H38Cl2N6O2/c1-2-39(22-14-15-35-27(16-22)31(40)41-23-6-3-4-7-23)19-20-10-12-21(13-11-20)28-18-36-29(34)30(38-28)37-17-24-25(32)8-5-9-26(24)33/h5,8-13,18,22-23,27,35H,2-4,6-7,14-17,19H2,1H3,(H2,34,36)(H,37,38)/t22?,27-/m1/s1. The van der Waals surface area contributed by atoms with Gasteiger partial charge in [0.05, 0.1) is 11.9 Å². The van der Waals surface area contributed by atoms with Crippen molar-refractivity contribution in [3.63, 3.8) is 0 Å². The number of rotatable bonds is 10. The van der Waals surface area contributed by atoms with Crippen molar-refractivity contribution in [2.24, 2.45) is 0 Å². The topological polar surface area (TPSA) is 105 Å². The highest BCUT2D eigenvalue weighted by atomic mass is 35.5. The van der Waals surface area contributed by atoms with Crippen LogP contribution < -0.4 is 16.4 Å². The number of aromatic nitrogens is 2. The predicted octanol–water partition coefficient (Wildman–Crippen LogP) is 6.07. The number of nitrogens with one attached hydrogen (secondary N) is 2. The lowest BCUT2D eigenvalue weighted by Gasteiger charge is -2.37. The molecule has 0 amide bonds. The second-order valence-electron chi connectivity index (χ2n) is 10.8. The molecule has 1 saturated carbocycles. The molecule has 2 aliphatic rings. The van der Waals surface area contributed by atoms with Gasteiger partial charge in [0.25, 0.3) is 0 Å². The van der Waals surface area contributed by atoms with Crippen LogP contribution in [0.15, 0.2) is 48.7 Å². The van der Waals surface area contributed by atoms with Gasteiger partial charge in [-0.3, -0.25) is 9.69 Å². The normalized spacial score (nSPS) is 19.4. The third kappa shape index (κ3) is 7.49. The van der Waals surface area contributed by atoms with E-state index in [9.17, 15) is 4.79 Å². The molecule has 5 rings (SSSR count). The third-order valence-electron chi connectivity index (χ3n) is 8.10. The average molecular weight is 598 g/mol. The van der Waals surface area contributed by atoms with Crippen molar-refractivity contribution in [2.75, 3.05) is 24.1 Å². The Labute approximate surface area is 252 Å². The zero-order valence-electron chi connectivity index (χ0n) is 23.4. The molecule has 2 fully saturated rings. The summed E-state index contributed by atoms with van der Waals surface area (Å²) in [4.78, 5) is 24.3. The van der Waals surface area contributed by atoms with Gasteiger partial charge < -0.3 is 21.1 Å². The van der Waals surface area contributed by atoms with Crippen LogP contribution >= 0.6 is 23.2 Å². The summed E-state index contributed by atoms with van der Waals surface area (Å²) in [7, 11) is 0. The predicted molar refractivity (Wildman–Crippen MR) is 165 cm³/mol. The Bertz CT molecular complexity index is 1310. The van der Waals surface area contributed by atoms with Gasteiger partial charge in [-0.15, -0.1) is 0 Å². The lowest BCUT2D eigenvalue weighted by molar-refractivity contribution is -0.152. The van der Waals surface area contributed by atoms with Crippen LogP contribution in [0.1, 0.15) is 56.6 Å². The maximum absolute atomic E-state index is 12.8. The molecule has 2 atom stereocenters. The van der Waals surface area contributed by atoms with Crippen molar-refractivity contribution in [1.29, 1.82) is 0 Å². The third-order valence-corrected chi connectivity index (χ3v) is 8.81. The minimum atomic E-state index is -0.230. The van der Waals surface area contributed by atoms with Crippen LogP contribution in [0, 0.1) is 0 Å². The van der Waals surface area contributed by atoms with E-state index in [0.717, 1.165) is 69.3 Å². The van der Waals surface area contributed by atoms with Crippen LogP contribution in [0.25, 0.3) is 11.3 Å². The minimum absolute atomic E-state index is 0.0876. The molecule has 218 valence electrons. The second-order valence-corrected chi connectivity index (χ2v) is 11.6. The second kappa shape index (κ2) is 13.8. The van der Waals surface area contributed by atoms with Crippen molar-refractivity contribution >= 4 is 40.8 Å². The van der Waals surface area contributed by atoms with E-state index in [1.807, 2.05) is 6.07 Å². The van der Waals surface area contributed by atoms with Crippen LogP contribution in [0.3, 0.4) is 0 Å². The fourth-order valence-corrected chi connectivity index (χ4v) is 6.25. The molecule has 1 unspecified atom stereocenters. The molecule has 0 radical (unpaired) electrons. The van der Waals surface area contributed by atoms with Crippen LogP contribution in [-0.2, 0) is 22.6 Å². The van der Waals surface area contributed by atoms with Gasteiger partial charge in [-0.25, -0.2) is 9.97 Å².